The Morgan fingerprint density at radius 3 is 2.24 bits per heavy atom. The largest absolute Gasteiger partial charge is 0.490 e. The summed E-state index contributed by atoms with van der Waals surface area (Å²) in [6.07, 6.45) is 1.92. The molecule has 0 bridgehead atoms. The van der Waals surface area contributed by atoms with Crippen LogP contribution in [0, 0.1) is 0 Å². The molecule has 0 aliphatic carbocycles. The van der Waals surface area contributed by atoms with Crippen LogP contribution < -0.4 is 15.2 Å². The first-order valence-corrected chi connectivity index (χ1v) is 7.45. The number of ether oxygens (including phenoxy) is 2. The van der Waals surface area contributed by atoms with Crippen LogP contribution in [0.15, 0.2) is 48.5 Å². The molecule has 0 heterocycles. The van der Waals surface area contributed by atoms with Gasteiger partial charge >= 0.3 is 0 Å². The van der Waals surface area contributed by atoms with E-state index in [1.807, 2.05) is 30.3 Å². The number of hydrogen-bond donors (Lipinski definition) is 1. The number of nitrogens with two attached hydrogens (primary N) is 1. The molecule has 2 aromatic rings. The smallest absolute Gasteiger partial charge is 0.122 e. The minimum absolute atomic E-state index is 0.529. The third kappa shape index (κ3) is 5.12. The average molecular weight is 285 g/mol. The maximum atomic E-state index is 5.69. The zero-order valence-electron chi connectivity index (χ0n) is 12.5. The van der Waals surface area contributed by atoms with Gasteiger partial charge in [0, 0.05) is 0 Å². The number of aryl methyl sites for hydroxylation is 1. The Morgan fingerprint density at radius 1 is 0.857 bits per heavy atom. The van der Waals surface area contributed by atoms with E-state index in [-0.39, 0.29) is 0 Å². The Balaban J connectivity index is 1.74. The van der Waals surface area contributed by atoms with Gasteiger partial charge in [-0.3, -0.25) is 0 Å². The molecule has 2 rings (SSSR count). The molecule has 3 heteroatoms. The Bertz CT molecular complexity index is 537. The minimum atomic E-state index is 0.529. The number of rotatable bonds is 8. The lowest BCUT2D eigenvalue weighted by Gasteiger charge is -2.09. The Hall–Kier alpha value is -2.00. The lowest BCUT2D eigenvalue weighted by Crippen LogP contribution is -2.09. The molecule has 0 saturated heterocycles. The van der Waals surface area contributed by atoms with Crippen LogP contribution in [0.4, 0.5) is 0 Å². The van der Waals surface area contributed by atoms with Gasteiger partial charge in [0.2, 0.25) is 0 Å². The molecule has 2 N–H and O–H groups in total. The van der Waals surface area contributed by atoms with Gasteiger partial charge in [-0.2, -0.15) is 0 Å². The lowest BCUT2D eigenvalue weighted by atomic mass is 10.1. The van der Waals surface area contributed by atoms with Gasteiger partial charge < -0.3 is 15.2 Å². The summed E-state index contributed by atoms with van der Waals surface area (Å²) in [4.78, 5) is 0. The highest BCUT2D eigenvalue weighted by atomic mass is 16.5. The molecule has 21 heavy (non-hydrogen) atoms. The van der Waals surface area contributed by atoms with Crippen LogP contribution in [-0.4, -0.2) is 19.8 Å². The van der Waals surface area contributed by atoms with E-state index >= 15 is 0 Å². The third-order valence-corrected chi connectivity index (χ3v) is 3.28. The average Bonchev–Trinajstić information content (AvgIpc) is 2.53. The molecule has 0 aromatic heterocycles. The van der Waals surface area contributed by atoms with Crippen LogP contribution >= 0.6 is 0 Å². The quantitative estimate of drug-likeness (QED) is 0.757. The van der Waals surface area contributed by atoms with Crippen molar-refractivity contribution in [2.45, 2.75) is 19.8 Å². The molecule has 0 radical (unpaired) electrons. The first-order chi connectivity index (χ1) is 10.3. The summed E-state index contributed by atoms with van der Waals surface area (Å²) < 4.78 is 11.4. The van der Waals surface area contributed by atoms with Gasteiger partial charge in [-0.15, -0.1) is 0 Å². The van der Waals surface area contributed by atoms with E-state index in [0.717, 1.165) is 24.3 Å². The van der Waals surface area contributed by atoms with Crippen LogP contribution in [0.5, 0.6) is 11.5 Å². The molecule has 112 valence electrons. The SMILES string of the molecule is CCc1ccc(OCCOc2cccc(CCN)c2)cc1. The van der Waals surface area contributed by atoms with Gasteiger partial charge in [0.1, 0.15) is 24.7 Å². The van der Waals surface area contributed by atoms with E-state index in [9.17, 15) is 0 Å². The highest BCUT2D eigenvalue weighted by Crippen LogP contribution is 2.15. The molecule has 0 amide bonds. The maximum absolute atomic E-state index is 5.69. The van der Waals surface area contributed by atoms with Gasteiger partial charge in [-0.1, -0.05) is 31.2 Å². The third-order valence-electron chi connectivity index (χ3n) is 3.28. The molecule has 0 aliphatic rings. The van der Waals surface area contributed by atoms with Crippen LogP contribution in [0.1, 0.15) is 18.1 Å². The van der Waals surface area contributed by atoms with Crippen molar-refractivity contribution in [3.05, 3.63) is 59.7 Å². The topological polar surface area (TPSA) is 44.5 Å². The standard InChI is InChI=1S/C18H23NO2/c1-2-15-6-8-17(9-7-15)20-12-13-21-18-5-3-4-16(14-18)10-11-19/h3-9,14H,2,10-13,19H2,1H3. The van der Waals surface area contributed by atoms with Crippen molar-refractivity contribution in [3.8, 4) is 11.5 Å². The second kappa shape index (κ2) is 8.32. The van der Waals surface area contributed by atoms with E-state index in [0.29, 0.717) is 19.8 Å². The summed E-state index contributed by atoms with van der Waals surface area (Å²) in [6, 6.07) is 16.2. The Morgan fingerprint density at radius 2 is 1.57 bits per heavy atom. The van der Waals surface area contributed by atoms with E-state index < -0.39 is 0 Å². The molecule has 2 aromatic carbocycles. The zero-order chi connectivity index (χ0) is 14.9. The predicted octanol–water partition coefficient (Wildman–Crippen LogP) is 3.21. The summed E-state index contributed by atoms with van der Waals surface area (Å²) in [5.74, 6) is 1.75. The molecular formula is C18H23NO2. The zero-order valence-corrected chi connectivity index (χ0v) is 12.5. The fourth-order valence-corrected chi connectivity index (χ4v) is 2.10. The molecule has 0 unspecified atom stereocenters. The van der Waals surface area contributed by atoms with E-state index in [1.54, 1.807) is 0 Å². The van der Waals surface area contributed by atoms with Crippen molar-refractivity contribution in [1.82, 2.24) is 0 Å². The van der Waals surface area contributed by atoms with Gasteiger partial charge in [0.25, 0.3) is 0 Å². The summed E-state index contributed by atoms with van der Waals surface area (Å²) in [5, 5.41) is 0. The van der Waals surface area contributed by atoms with Crippen LogP contribution in [0.3, 0.4) is 0 Å². The van der Waals surface area contributed by atoms with Crippen LogP contribution in [-0.2, 0) is 12.8 Å². The molecule has 3 nitrogen and oxygen atoms in total. The van der Waals surface area contributed by atoms with Crippen molar-refractivity contribution in [2.75, 3.05) is 19.8 Å². The number of hydrogen-bond acceptors (Lipinski definition) is 3. The summed E-state index contributed by atoms with van der Waals surface area (Å²) in [5.41, 5.74) is 8.07. The molecule has 0 atom stereocenters. The molecule has 0 saturated carbocycles. The van der Waals surface area contributed by atoms with Crippen LogP contribution in [0.25, 0.3) is 0 Å². The lowest BCUT2D eigenvalue weighted by molar-refractivity contribution is 0.217. The molecule has 0 fully saturated rings. The van der Waals surface area contributed by atoms with Crippen molar-refractivity contribution in [3.63, 3.8) is 0 Å². The predicted molar refractivity (Wildman–Crippen MR) is 86.0 cm³/mol. The fourth-order valence-electron chi connectivity index (χ4n) is 2.10. The summed E-state index contributed by atoms with van der Waals surface area (Å²) >= 11 is 0. The Kier molecular flexibility index (Phi) is 6.10. The highest BCUT2D eigenvalue weighted by molar-refractivity contribution is 5.29. The second-order valence-corrected chi connectivity index (χ2v) is 4.88. The van der Waals surface area contributed by atoms with E-state index in [4.69, 9.17) is 15.2 Å². The van der Waals surface area contributed by atoms with Gasteiger partial charge in [-0.05, 0) is 54.8 Å². The fraction of sp³-hybridized carbons (Fsp3) is 0.333. The van der Waals surface area contributed by atoms with Crippen molar-refractivity contribution < 1.29 is 9.47 Å². The summed E-state index contributed by atoms with van der Waals surface area (Å²) in [6.45, 7) is 3.86. The first kappa shape index (κ1) is 15.4. The van der Waals surface area contributed by atoms with Crippen molar-refractivity contribution >= 4 is 0 Å². The monoisotopic (exact) mass is 285 g/mol. The highest BCUT2D eigenvalue weighted by Gasteiger charge is 1.98. The minimum Gasteiger partial charge on any atom is -0.490 e. The normalized spacial score (nSPS) is 10.4. The molecular weight excluding hydrogens is 262 g/mol. The second-order valence-electron chi connectivity index (χ2n) is 4.88. The molecule has 0 spiro atoms. The van der Waals surface area contributed by atoms with Gasteiger partial charge in [0.15, 0.2) is 0 Å². The van der Waals surface area contributed by atoms with E-state index in [1.165, 1.54) is 11.1 Å². The van der Waals surface area contributed by atoms with Crippen LogP contribution in [0.2, 0.25) is 0 Å². The van der Waals surface area contributed by atoms with Gasteiger partial charge in [-0.25, -0.2) is 0 Å². The maximum Gasteiger partial charge on any atom is 0.122 e. The summed E-state index contributed by atoms with van der Waals surface area (Å²) in [7, 11) is 0. The van der Waals surface area contributed by atoms with E-state index in [2.05, 4.69) is 25.1 Å². The Labute approximate surface area is 126 Å². The number of benzene rings is 2. The van der Waals surface area contributed by atoms with Crippen molar-refractivity contribution in [1.29, 1.82) is 0 Å². The van der Waals surface area contributed by atoms with Gasteiger partial charge in [0.05, 0.1) is 0 Å². The first-order valence-electron chi connectivity index (χ1n) is 7.45. The van der Waals surface area contributed by atoms with Crippen molar-refractivity contribution in [2.24, 2.45) is 5.73 Å². The molecule has 0 aliphatic heterocycles.